The zero-order valence-corrected chi connectivity index (χ0v) is 31.5. The third-order valence-electron chi connectivity index (χ3n) is 11.8. The molecule has 0 heterocycles. The van der Waals surface area contributed by atoms with Gasteiger partial charge in [-0.2, -0.15) is 0 Å². The molecule has 0 unspecified atom stereocenters. The highest BCUT2D eigenvalue weighted by atomic mass is 19.1. The first kappa shape index (κ1) is 38.0. The van der Waals surface area contributed by atoms with Crippen LogP contribution in [0.4, 0.5) is 8.78 Å². The molecule has 0 bridgehead atoms. The van der Waals surface area contributed by atoms with Gasteiger partial charge in [0.15, 0.2) is 0 Å². The minimum Gasteiger partial charge on any atom is -0.207 e. The molecule has 2 aliphatic carbocycles. The molecular formula is C48H62F2. The van der Waals surface area contributed by atoms with E-state index in [1.54, 1.807) is 5.56 Å². The Bertz CT molecular complexity index is 1530. The first-order chi connectivity index (χ1) is 24.2. The first-order valence-electron chi connectivity index (χ1n) is 19.9. The number of aryl methyl sites for hydroxylation is 4. The summed E-state index contributed by atoms with van der Waals surface area (Å²) in [5.41, 5.74) is 8.76. The van der Waals surface area contributed by atoms with E-state index in [0.29, 0.717) is 5.56 Å². The van der Waals surface area contributed by atoms with Crippen LogP contribution in [0.25, 0.3) is 11.1 Å². The van der Waals surface area contributed by atoms with Crippen molar-refractivity contribution < 1.29 is 8.78 Å². The molecule has 2 aliphatic rings. The van der Waals surface area contributed by atoms with Crippen LogP contribution in [0.1, 0.15) is 137 Å². The fraction of sp³-hybridized carbons (Fsp3) is 0.500. The van der Waals surface area contributed by atoms with Crippen molar-refractivity contribution in [2.45, 2.75) is 136 Å². The van der Waals surface area contributed by atoms with Gasteiger partial charge in [-0.1, -0.05) is 144 Å². The quantitative estimate of drug-likeness (QED) is 0.131. The maximum absolute atomic E-state index is 13.7. The highest BCUT2D eigenvalue weighted by Crippen LogP contribution is 2.36. The Balaban J connectivity index is 0.000000195. The van der Waals surface area contributed by atoms with E-state index in [4.69, 9.17) is 0 Å². The third-order valence-corrected chi connectivity index (χ3v) is 11.8. The van der Waals surface area contributed by atoms with Gasteiger partial charge in [-0.3, -0.25) is 0 Å². The van der Waals surface area contributed by atoms with Crippen molar-refractivity contribution in [3.63, 3.8) is 0 Å². The SMILES string of the molecule is Cc1c(F)cc(-c2ccc(CCCCC3CCC(C)CC3)cc2)cc1F.Cc1ccc(CCCCc2ccc(C3CCC(C)CC3)cc2)cc1. The van der Waals surface area contributed by atoms with Crippen molar-refractivity contribution in [2.75, 3.05) is 0 Å². The predicted octanol–water partition coefficient (Wildman–Crippen LogP) is 14.3. The van der Waals surface area contributed by atoms with Crippen molar-refractivity contribution in [2.24, 2.45) is 17.8 Å². The second-order valence-corrected chi connectivity index (χ2v) is 16.0. The lowest BCUT2D eigenvalue weighted by Gasteiger charge is -2.26. The molecule has 0 radical (unpaired) electrons. The van der Waals surface area contributed by atoms with E-state index in [1.807, 2.05) is 12.1 Å². The van der Waals surface area contributed by atoms with Gasteiger partial charge < -0.3 is 0 Å². The molecule has 0 amide bonds. The molecule has 0 saturated heterocycles. The third kappa shape index (κ3) is 11.9. The largest absolute Gasteiger partial charge is 0.207 e. The van der Waals surface area contributed by atoms with Gasteiger partial charge in [0.25, 0.3) is 0 Å². The number of rotatable bonds is 12. The zero-order valence-electron chi connectivity index (χ0n) is 31.5. The van der Waals surface area contributed by atoms with E-state index >= 15 is 0 Å². The standard InChI is InChI=1S/C24H30F2.C24H32/c1-17-7-9-19(10-8-17)5-3-4-6-20-11-13-21(14-12-20)22-15-23(25)18(2)24(26)16-22;1-19-7-11-21(12-8-19)5-3-4-6-22-13-17-24(18-14-22)23-15-9-20(2)10-16-23/h11-17,19H,3-10H2,1-2H3;7-8,11-14,17-18,20,23H,3-6,9-10,15-16H2,1-2H3. The summed E-state index contributed by atoms with van der Waals surface area (Å²) in [5, 5.41) is 0. The van der Waals surface area contributed by atoms with E-state index in [0.717, 1.165) is 35.7 Å². The van der Waals surface area contributed by atoms with Gasteiger partial charge in [-0.25, -0.2) is 8.78 Å². The highest BCUT2D eigenvalue weighted by molar-refractivity contribution is 5.64. The molecule has 2 heteroatoms. The fourth-order valence-electron chi connectivity index (χ4n) is 8.02. The predicted molar refractivity (Wildman–Crippen MR) is 210 cm³/mol. The van der Waals surface area contributed by atoms with Crippen molar-refractivity contribution in [3.8, 4) is 11.1 Å². The van der Waals surface area contributed by atoms with Gasteiger partial charge in [-0.05, 0) is 134 Å². The molecule has 50 heavy (non-hydrogen) atoms. The Morgan fingerprint density at radius 1 is 0.500 bits per heavy atom. The molecule has 268 valence electrons. The average Bonchev–Trinajstić information content (AvgIpc) is 3.13. The number of benzene rings is 4. The van der Waals surface area contributed by atoms with Crippen LogP contribution in [0.15, 0.2) is 84.9 Å². The molecular weight excluding hydrogens is 615 g/mol. The molecule has 0 aromatic heterocycles. The van der Waals surface area contributed by atoms with Crippen LogP contribution in [-0.2, 0) is 19.3 Å². The Kier molecular flexibility index (Phi) is 14.7. The van der Waals surface area contributed by atoms with Crippen molar-refractivity contribution in [1.82, 2.24) is 0 Å². The number of hydrogen-bond acceptors (Lipinski definition) is 0. The molecule has 0 spiro atoms. The normalized spacial score (nSPS) is 20.6. The Labute approximate surface area is 303 Å². The van der Waals surface area contributed by atoms with Gasteiger partial charge >= 0.3 is 0 Å². The first-order valence-corrected chi connectivity index (χ1v) is 19.9. The van der Waals surface area contributed by atoms with Crippen LogP contribution < -0.4 is 0 Å². The summed E-state index contributed by atoms with van der Waals surface area (Å²) in [7, 11) is 0. The van der Waals surface area contributed by atoms with E-state index in [-0.39, 0.29) is 5.56 Å². The van der Waals surface area contributed by atoms with Crippen molar-refractivity contribution >= 4 is 0 Å². The molecule has 0 N–H and O–H groups in total. The van der Waals surface area contributed by atoms with Crippen LogP contribution in [0.5, 0.6) is 0 Å². The highest BCUT2D eigenvalue weighted by Gasteiger charge is 2.20. The summed E-state index contributed by atoms with van der Waals surface area (Å²) < 4.78 is 27.5. The summed E-state index contributed by atoms with van der Waals surface area (Å²) >= 11 is 0. The van der Waals surface area contributed by atoms with Gasteiger partial charge in [0.1, 0.15) is 11.6 Å². The summed E-state index contributed by atoms with van der Waals surface area (Å²) in [4.78, 5) is 0. The number of hydrogen-bond donors (Lipinski definition) is 0. The van der Waals surface area contributed by atoms with Crippen LogP contribution in [0.2, 0.25) is 0 Å². The molecule has 4 aromatic carbocycles. The lowest BCUT2D eigenvalue weighted by Crippen LogP contribution is -2.12. The zero-order chi connectivity index (χ0) is 35.3. The van der Waals surface area contributed by atoms with Gasteiger partial charge in [-0.15, -0.1) is 0 Å². The monoisotopic (exact) mass is 676 g/mol. The van der Waals surface area contributed by atoms with E-state index in [2.05, 4.69) is 81.4 Å². The average molecular weight is 677 g/mol. The van der Waals surface area contributed by atoms with E-state index in [9.17, 15) is 8.78 Å². The maximum atomic E-state index is 13.7. The van der Waals surface area contributed by atoms with Gasteiger partial charge in [0, 0.05) is 5.56 Å². The molecule has 2 saturated carbocycles. The fourth-order valence-corrected chi connectivity index (χ4v) is 8.02. The number of halogens is 2. The lowest BCUT2D eigenvalue weighted by atomic mass is 9.79. The van der Waals surface area contributed by atoms with Gasteiger partial charge in [0.05, 0.1) is 0 Å². The Morgan fingerprint density at radius 2 is 0.940 bits per heavy atom. The molecule has 4 aromatic rings. The molecule has 0 atom stereocenters. The number of unbranched alkanes of at least 4 members (excludes halogenated alkanes) is 2. The molecule has 0 nitrogen and oxygen atoms in total. The topological polar surface area (TPSA) is 0 Å². The second-order valence-electron chi connectivity index (χ2n) is 16.0. The Morgan fingerprint density at radius 3 is 1.46 bits per heavy atom. The molecule has 0 aliphatic heterocycles. The van der Waals surface area contributed by atoms with E-state index < -0.39 is 11.6 Å². The van der Waals surface area contributed by atoms with E-state index in [1.165, 1.54) is 138 Å². The minimum absolute atomic E-state index is 0.0813. The minimum atomic E-state index is -0.485. The van der Waals surface area contributed by atoms with Crippen molar-refractivity contribution in [1.29, 1.82) is 0 Å². The van der Waals surface area contributed by atoms with Crippen LogP contribution in [0.3, 0.4) is 0 Å². The summed E-state index contributed by atoms with van der Waals surface area (Å²) in [6.45, 7) is 8.39. The summed E-state index contributed by atoms with van der Waals surface area (Å²) in [6.07, 6.45) is 21.2. The van der Waals surface area contributed by atoms with Gasteiger partial charge in [0.2, 0.25) is 0 Å². The molecule has 6 rings (SSSR count). The smallest absolute Gasteiger partial charge is 0.129 e. The summed E-state index contributed by atoms with van der Waals surface area (Å²) in [5.74, 6) is 2.66. The lowest BCUT2D eigenvalue weighted by molar-refractivity contribution is 0.272. The summed E-state index contributed by atoms with van der Waals surface area (Å²) in [6, 6.07) is 29.5. The second kappa shape index (κ2) is 19.4. The Hall–Kier alpha value is -3.26. The van der Waals surface area contributed by atoms with Crippen LogP contribution >= 0.6 is 0 Å². The van der Waals surface area contributed by atoms with Crippen LogP contribution in [-0.4, -0.2) is 0 Å². The van der Waals surface area contributed by atoms with Crippen molar-refractivity contribution in [3.05, 3.63) is 130 Å². The molecule has 2 fully saturated rings. The van der Waals surface area contributed by atoms with Crippen LogP contribution in [0, 0.1) is 43.2 Å². The maximum Gasteiger partial charge on any atom is 0.129 e.